The lowest BCUT2D eigenvalue weighted by molar-refractivity contribution is 0.579. The average molecular weight is 282 g/mol. The second-order valence-corrected chi connectivity index (χ2v) is 5.61. The molecule has 4 heteroatoms. The summed E-state index contributed by atoms with van der Waals surface area (Å²) in [6, 6.07) is 12.1. The summed E-state index contributed by atoms with van der Waals surface area (Å²) in [6.07, 6.45) is 5.41. The van der Waals surface area contributed by atoms with Crippen molar-refractivity contribution >= 4 is 11.6 Å². The van der Waals surface area contributed by atoms with E-state index in [4.69, 9.17) is 0 Å². The largest absolute Gasteiger partial charge is 0.373 e. The van der Waals surface area contributed by atoms with Crippen LogP contribution in [0, 0.1) is 5.92 Å². The molecule has 0 amide bonds. The summed E-state index contributed by atoms with van der Waals surface area (Å²) in [7, 11) is 1.89. The van der Waals surface area contributed by atoms with E-state index in [-0.39, 0.29) is 0 Å². The van der Waals surface area contributed by atoms with Crippen LogP contribution in [-0.4, -0.2) is 23.6 Å². The molecule has 1 aliphatic carbocycles. The first-order valence-electron chi connectivity index (χ1n) is 7.71. The molecule has 1 fully saturated rings. The summed E-state index contributed by atoms with van der Waals surface area (Å²) in [6.45, 7) is 1.01. The number of aromatic nitrogens is 2. The van der Waals surface area contributed by atoms with Crippen LogP contribution in [0.1, 0.15) is 25.7 Å². The van der Waals surface area contributed by atoms with Crippen molar-refractivity contribution in [2.75, 3.05) is 24.2 Å². The van der Waals surface area contributed by atoms with E-state index in [1.54, 1.807) is 0 Å². The van der Waals surface area contributed by atoms with Crippen molar-refractivity contribution in [1.82, 2.24) is 9.97 Å². The Hall–Kier alpha value is -2.10. The standard InChI is InChI=1S/C17H22N4/c1-18-15-11-16(19-12-13-7-5-6-8-13)21-17(20-15)14-9-3-2-4-10-14/h2-4,9-11,13H,5-8,12H2,1H3,(H2,18,19,20,21). The number of hydrogen-bond donors (Lipinski definition) is 2. The van der Waals surface area contributed by atoms with E-state index >= 15 is 0 Å². The number of nitrogens with one attached hydrogen (secondary N) is 2. The second kappa shape index (κ2) is 6.57. The van der Waals surface area contributed by atoms with Gasteiger partial charge in [-0.1, -0.05) is 43.2 Å². The summed E-state index contributed by atoms with van der Waals surface area (Å²) in [5, 5.41) is 6.59. The van der Waals surface area contributed by atoms with Crippen molar-refractivity contribution in [1.29, 1.82) is 0 Å². The molecule has 21 heavy (non-hydrogen) atoms. The molecule has 110 valence electrons. The molecule has 4 nitrogen and oxygen atoms in total. The third kappa shape index (κ3) is 3.51. The predicted octanol–water partition coefficient (Wildman–Crippen LogP) is 3.79. The zero-order valence-electron chi connectivity index (χ0n) is 12.5. The van der Waals surface area contributed by atoms with Crippen molar-refractivity contribution in [3.05, 3.63) is 36.4 Å². The molecule has 1 aromatic heterocycles. The van der Waals surface area contributed by atoms with Gasteiger partial charge in [0.05, 0.1) is 0 Å². The van der Waals surface area contributed by atoms with Crippen LogP contribution < -0.4 is 10.6 Å². The van der Waals surface area contributed by atoms with Crippen LogP contribution in [0.3, 0.4) is 0 Å². The van der Waals surface area contributed by atoms with Gasteiger partial charge in [-0.3, -0.25) is 0 Å². The molecule has 0 spiro atoms. The first kappa shape index (κ1) is 13.9. The molecule has 1 saturated carbocycles. The molecule has 2 aromatic rings. The average Bonchev–Trinajstić information content (AvgIpc) is 3.07. The minimum atomic E-state index is 0.761. The fourth-order valence-electron chi connectivity index (χ4n) is 2.85. The zero-order chi connectivity index (χ0) is 14.5. The highest BCUT2D eigenvalue weighted by molar-refractivity contribution is 5.61. The highest BCUT2D eigenvalue weighted by Crippen LogP contribution is 2.25. The van der Waals surface area contributed by atoms with Crippen molar-refractivity contribution in [3.63, 3.8) is 0 Å². The Kier molecular flexibility index (Phi) is 4.34. The van der Waals surface area contributed by atoms with E-state index in [1.807, 2.05) is 43.4 Å². The van der Waals surface area contributed by atoms with E-state index in [0.717, 1.165) is 35.5 Å². The number of benzene rings is 1. The quantitative estimate of drug-likeness (QED) is 0.876. The van der Waals surface area contributed by atoms with Crippen molar-refractivity contribution < 1.29 is 0 Å². The Bertz CT molecular complexity index is 577. The van der Waals surface area contributed by atoms with Gasteiger partial charge in [-0.05, 0) is 18.8 Å². The van der Waals surface area contributed by atoms with Gasteiger partial charge < -0.3 is 10.6 Å². The van der Waals surface area contributed by atoms with Gasteiger partial charge in [0.15, 0.2) is 5.82 Å². The highest BCUT2D eigenvalue weighted by atomic mass is 15.1. The molecular formula is C17H22N4. The zero-order valence-corrected chi connectivity index (χ0v) is 12.5. The van der Waals surface area contributed by atoms with Gasteiger partial charge in [-0.15, -0.1) is 0 Å². The fourth-order valence-corrected chi connectivity index (χ4v) is 2.85. The molecule has 1 heterocycles. The number of hydrogen-bond acceptors (Lipinski definition) is 4. The summed E-state index contributed by atoms with van der Waals surface area (Å²) in [4.78, 5) is 9.19. The van der Waals surface area contributed by atoms with E-state index in [2.05, 4.69) is 20.6 Å². The second-order valence-electron chi connectivity index (χ2n) is 5.61. The monoisotopic (exact) mass is 282 g/mol. The summed E-state index contributed by atoms with van der Waals surface area (Å²) < 4.78 is 0. The fraction of sp³-hybridized carbons (Fsp3) is 0.412. The third-order valence-corrected chi connectivity index (χ3v) is 4.06. The molecule has 2 N–H and O–H groups in total. The van der Waals surface area contributed by atoms with Gasteiger partial charge in [0.2, 0.25) is 0 Å². The minimum Gasteiger partial charge on any atom is -0.373 e. The Balaban J connectivity index is 1.79. The summed E-state index contributed by atoms with van der Waals surface area (Å²) >= 11 is 0. The normalized spacial score (nSPS) is 15.1. The molecule has 0 atom stereocenters. The summed E-state index contributed by atoms with van der Waals surface area (Å²) in [5.74, 6) is 3.30. The Morgan fingerprint density at radius 2 is 1.76 bits per heavy atom. The maximum Gasteiger partial charge on any atom is 0.163 e. The van der Waals surface area contributed by atoms with E-state index in [0.29, 0.717) is 0 Å². The van der Waals surface area contributed by atoms with Crippen LogP contribution in [0.15, 0.2) is 36.4 Å². The van der Waals surface area contributed by atoms with Crippen LogP contribution in [0.25, 0.3) is 11.4 Å². The maximum absolute atomic E-state index is 4.65. The lowest BCUT2D eigenvalue weighted by Crippen LogP contribution is -2.12. The minimum absolute atomic E-state index is 0.761. The van der Waals surface area contributed by atoms with Crippen LogP contribution >= 0.6 is 0 Å². The first-order valence-corrected chi connectivity index (χ1v) is 7.71. The van der Waals surface area contributed by atoms with E-state index in [9.17, 15) is 0 Å². The lowest BCUT2D eigenvalue weighted by Gasteiger charge is -2.13. The Labute approximate surface area is 126 Å². The smallest absolute Gasteiger partial charge is 0.163 e. The maximum atomic E-state index is 4.65. The number of nitrogens with zero attached hydrogens (tertiary/aromatic N) is 2. The molecule has 3 rings (SSSR count). The van der Waals surface area contributed by atoms with Gasteiger partial charge in [0, 0.05) is 25.2 Å². The molecule has 0 bridgehead atoms. The van der Waals surface area contributed by atoms with E-state index in [1.165, 1.54) is 25.7 Å². The van der Waals surface area contributed by atoms with Gasteiger partial charge >= 0.3 is 0 Å². The van der Waals surface area contributed by atoms with Crippen molar-refractivity contribution in [2.45, 2.75) is 25.7 Å². The van der Waals surface area contributed by atoms with Crippen molar-refractivity contribution in [3.8, 4) is 11.4 Å². The van der Waals surface area contributed by atoms with Crippen LogP contribution in [-0.2, 0) is 0 Å². The van der Waals surface area contributed by atoms with Gasteiger partial charge in [-0.2, -0.15) is 0 Å². The number of rotatable bonds is 5. The molecule has 0 saturated heterocycles. The highest BCUT2D eigenvalue weighted by Gasteiger charge is 2.15. The van der Waals surface area contributed by atoms with Gasteiger partial charge in [-0.25, -0.2) is 9.97 Å². The van der Waals surface area contributed by atoms with Crippen LogP contribution in [0.5, 0.6) is 0 Å². The Morgan fingerprint density at radius 1 is 1.05 bits per heavy atom. The first-order chi connectivity index (χ1) is 10.3. The molecular weight excluding hydrogens is 260 g/mol. The van der Waals surface area contributed by atoms with E-state index < -0.39 is 0 Å². The van der Waals surface area contributed by atoms with Crippen LogP contribution in [0.2, 0.25) is 0 Å². The molecule has 0 aliphatic heterocycles. The predicted molar refractivity (Wildman–Crippen MR) is 87.5 cm³/mol. The van der Waals surface area contributed by atoms with Crippen LogP contribution in [0.4, 0.5) is 11.6 Å². The molecule has 0 unspecified atom stereocenters. The SMILES string of the molecule is CNc1cc(NCC2CCCC2)nc(-c2ccccc2)n1. The molecule has 1 aromatic carbocycles. The Morgan fingerprint density at radius 3 is 2.48 bits per heavy atom. The molecule has 0 radical (unpaired) electrons. The van der Waals surface area contributed by atoms with Gasteiger partial charge in [0.25, 0.3) is 0 Å². The topological polar surface area (TPSA) is 49.8 Å². The lowest BCUT2D eigenvalue weighted by atomic mass is 10.1. The van der Waals surface area contributed by atoms with Gasteiger partial charge in [0.1, 0.15) is 11.6 Å². The molecule has 1 aliphatic rings. The third-order valence-electron chi connectivity index (χ3n) is 4.06. The number of anilines is 2. The van der Waals surface area contributed by atoms with Crippen molar-refractivity contribution in [2.24, 2.45) is 5.92 Å². The summed E-state index contributed by atoms with van der Waals surface area (Å²) in [5.41, 5.74) is 1.04.